The minimum atomic E-state index is 0.656. The maximum atomic E-state index is 3.67. The highest BCUT2D eigenvalue weighted by Gasteiger charge is 2.18. The fourth-order valence-electron chi connectivity index (χ4n) is 2.23. The number of hydrogen-bond donors (Lipinski definition) is 1. The van der Waals surface area contributed by atoms with Crippen LogP contribution < -0.4 is 5.32 Å². The Morgan fingerprint density at radius 1 is 1.53 bits per heavy atom. The van der Waals surface area contributed by atoms with Crippen LogP contribution in [0.2, 0.25) is 0 Å². The molecule has 1 N–H and O–H groups in total. The second-order valence-electron chi connectivity index (χ2n) is 4.45. The Hall–Kier alpha value is 0.580. The summed E-state index contributed by atoms with van der Waals surface area (Å²) in [6.45, 7) is 6.87. The van der Waals surface area contributed by atoms with Gasteiger partial charge >= 0.3 is 0 Å². The standard InChI is InChI=1S/C12H18Br2N2S/c1-2-16-5-3-4-9(8-16)15-7-10-6-11(13)12(14)17-10/h6,9,15H,2-5,7-8H2,1H3. The van der Waals surface area contributed by atoms with Gasteiger partial charge in [-0.15, -0.1) is 11.3 Å². The summed E-state index contributed by atoms with van der Waals surface area (Å²) < 4.78 is 2.35. The Morgan fingerprint density at radius 2 is 2.35 bits per heavy atom. The van der Waals surface area contributed by atoms with Crippen molar-refractivity contribution in [3.63, 3.8) is 0 Å². The van der Waals surface area contributed by atoms with Crippen LogP contribution in [0.1, 0.15) is 24.6 Å². The molecule has 1 aromatic rings. The van der Waals surface area contributed by atoms with Crippen LogP contribution in [0.25, 0.3) is 0 Å². The molecule has 0 amide bonds. The number of rotatable bonds is 4. The number of likely N-dealkylation sites (tertiary alicyclic amines) is 1. The molecule has 2 heterocycles. The number of nitrogens with zero attached hydrogens (tertiary/aromatic N) is 1. The molecule has 1 aliphatic heterocycles. The van der Waals surface area contributed by atoms with Crippen LogP contribution in [0.4, 0.5) is 0 Å². The van der Waals surface area contributed by atoms with Crippen LogP contribution in [0.3, 0.4) is 0 Å². The van der Waals surface area contributed by atoms with Crippen LogP contribution in [0.15, 0.2) is 14.3 Å². The second kappa shape index (κ2) is 6.66. The minimum absolute atomic E-state index is 0.656. The average molecular weight is 382 g/mol. The van der Waals surface area contributed by atoms with E-state index in [4.69, 9.17) is 0 Å². The van der Waals surface area contributed by atoms with E-state index in [1.54, 1.807) is 11.3 Å². The lowest BCUT2D eigenvalue weighted by molar-refractivity contribution is 0.198. The molecule has 17 heavy (non-hydrogen) atoms. The molecule has 5 heteroatoms. The van der Waals surface area contributed by atoms with E-state index in [0.717, 1.165) is 11.0 Å². The highest BCUT2D eigenvalue weighted by Crippen LogP contribution is 2.32. The molecule has 0 aliphatic carbocycles. The predicted molar refractivity (Wildman–Crippen MR) is 81.7 cm³/mol. The fraction of sp³-hybridized carbons (Fsp3) is 0.667. The Kier molecular flexibility index (Phi) is 5.49. The van der Waals surface area contributed by atoms with E-state index in [9.17, 15) is 0 Å². The van der Waals surface area contributed by atoms with Crippen LogP contribution >= 0.6 is 43.2 Å². The summed E-state index contributed by atoms with van der Waals surface area (Å²) in [6, 6.07) is 2.85. The van der Waals surface area contributed by atoms with Gasteiger partial charge in [-0.3, -0.25) is 0 Å². The minimum Gasteiger partial charge on any atom is -0.308 e. The van der Waals surface area contributed by atoms with Crippen molar-refractivity contribution < 1.29 is 0 Å². The maximum absolute atomic E-state index is 3.67. The van der Waals surface area contributed by atoms with Gasteiger partial charge in [0, 0.05) is 28.5 Å². The van der Waals surface area contributed by atoms with Crippen LogP contribution in [0, 0.1) is 0 Å². The van der Waals surface area contributed by atoms with Gasteiger partial charge in [0.25, 0.3) is 0 Å². The van der Waals surface area contributed by atoms with Crippen molar-refractivity contribution in [2.45, 2.75) is 32.4 Å². The van der Waals surface area contributed by atoms with Crippen LogP contribution in [-0.4, -0.2) is 30.6 Å². The molecule has 2 nitrogen and oxygen atoms in total. The Balaban J connectivity index is 1.81. The molecule has 1 unspecified atom stereocenters. The molecular weight excluding hydrogens is 364 g/mol. The molecular formula is C12H18Br2N2S. The van der Waals surface area contributed by atoms with Crippen LogP contribution in [0.5, 0.6) is 0 Å². The Labute approximate surface area is 124 Å². The van der Waals surface area contributed by atoms with Gasteiger partial charge in [0.15, 0.2) is 0 Å². The van der Waals surface area contributed by atoms with Crippen molar-refractivity contribution in [1.82, 2.24) is 10.2 Å². The fourth-order valence-corrected chi connectivity index (χ4v) is 4.36. The number of halogens is 2. The summed E-state index contributed by atoms with van der Waals surface area (Å²) in [5.74, 6) is 0. The topological polar surface area (TPSA) is 15.3 Å². The van der Waals surface area contributed by atoms with Crippen molar-refractivity contribution in [2.24, 2.45) is 0 Å². The van der Waals surface area contributed by atoms with E-state index in [-0.39, 0.29) is 0 Å². The van der Waals surface area contributed by atoms with Gasteiger partial charge in [-0.05, 0) is 63.9 Å². The normalized spacial score (nSPS) is 21.9. The summed E-state index contributed by atoms with van der Waals surface area (Å²) in [5.41, 5.74) is 0. The first-order valence-electron chi connectivity index (χ1n) is 6.08. The molecule has 0 aromatic carbocycles. The first-order valence-corrected chi connectivity index (χ1v) is 8.48. The van der Waals surface area contributed by atoms with Crippen molar-refractivity contribution in [3.05, 3.63) is 19.2 Å². The van der Waals surface area contributed by atoms with Gasteiger partial charge in [0.2, 0.25) is 0 Å². The van der Waals surface area contributed by atoms with Crippen molar-refractivity contribution >= 4 is 43.2 Å². The molecule has 96 valence electrons. The zero-order valence-corrected chi connectivity index (χ0v) is 14.0. The highest BCUT2D eigenvalue weighted by atomic mass is 79.9. The monoisotopic (exact) mass is 380 g/mol. The van der Waals surface area contributed by atoms with Gasteiger partial charge in [0.05, 0.1) is 3.79 Å². The van der Waals surface area contributed by atoms with E-state index in [1.165, 1.54) is 41.1 Å². The molecule has 1 aromatic heterocycles. The average Bonchev–Trinajstić information content (AvgIpc) is 2.67. The number of hydrogen-bond acceptors (Lipinski definition) is 3. The van der Waals surface area contributed by atoms with E-state index in [2.05, 4.69) is 55.1 Å². The van der Waals surface area contributed by atoms with Crippen LogP contribution in [-0.2, 0) is 6.54 Å². The summed E-state index contributed by atoms with van der Waals surface area (Å²) in [5, 5.41) is 3.67. The zero-order chi connectivity index (χ0) is 12.3. The molecule has 0 bridgehead atoms. The third-order valence-electron chi connectivity index (χ3n) is 3.21. The van der Waals surface area contributed by atoms with E-state index in [0.29, 0.717) is 6.04 Å². The Bertz CT molecular complexity index is 348. The third-order valence-corrected chi connectivity index (χ3v) is 6.47. The first kappa shape index (κ1) is 14.0. The van der Waals surface area contributed by atoms with Crippen molar-refractivity contribution in [3.8, 4) is 0 Å². The third kappa shape index (κ3) is 4.03. The predicted octanol–water partition coefficient (Wildman–Crippen LogP) is 3.85. The molecule has 0 radical (unpaired) electrons. The molecule has 1 fully saturated rings. The number of piperidine rings is 1. The SMILES string of the molecule is CCN1CCCC(NCc2cc(Br)c(Br)s2)C1. The number of likely N-dealkylation sites (N-methyl/N-ethyl adjacent to an activating group) is 1. The van der Waals surface area contributed by atoms with Gasteiger partial charge in [-0.25, -0.2) is 0 Å². The molecule has 1 saturated heterocycles. The summed E-state index contributed by atoms with van der Waals surface area (Å²) in [7, 11) is 0. The summed E-state index contributed by atoms with van der Waals surface area (Å²) >= 11 is 8.87. The lowest BCUT2D eigenvalue weighted by Gasteiger charge is -2.32. The quantitative estimate of drug-likeness (QED) is 0.852. The molecule has 0 saturated carbocycles. The zero-order valence-electron chi connectivity index (χ0n) is 10.0. The van der Waals surface area contributed by atoms with Gasteiger partial charge in [-0.2, -0.15) is 0 Å². The Morgan fingerprint density at radius 3 is 3.00 bits per heavy atom. The largest absolute Gasteiger partial charge is 0.308 e. The van der Waals surface area contributed by atoms with Crippen molar-refractivity contribution in [2.75, 3.05) is 19.6 Å². The molecule has 1 aliphatic rings. The molecule has 0 spiro atoms. The van der Waals surface area contributed by atoms with E-state index < -0.39 is 0 Å². The van der Waals surface area contributed by atoms with Gasteiger partial charge in [0.1, 0.15) is 0 Å². The van der Waals surface area contributed by atoms with Crippen molar-refractivity contribution in [1.29, 1.82) is 0 Å². The van der Waals surface area contributed by atoms with Gasteiger partial charge in [-0.1, -0.05) is 6.92 Å². The smallest absolute Gasteiger partial charge is 0.0843 e. The maximum Gasteiger partial charge on any atom is 0.0843 e. The lowest BCUT2D eigenvalue weighted by Crippen LogP contribution is -2.45. The number of nitrogens with one attached hydrogen (secondary N) is 1. The summed E-state index contributed by atoms with van der Waals surface area (Å²) in [4.78, 5) is 3.92. The molecule has 1 atom stereocenters. The number of thiophene rings is 1. The lowest BCUT2D eigenvalue weighted by atomic mass is 10.1. The second-order valence-corrected chi connectivity index (χ2v) is 7.76. The molecule has 2 rings (SSSR count). The first-order chi connectivity index (χ1) is 8.19. The van der Waals surface area contributed by atoms with E-state index >= 15 is 0 Å². The summed E-state index contributed by atoms with van der Waals surface area (Å²) in [6.07, 6.45) is 2.63. The highest BCUT2D eigenvalue weighted by molar-refractivity contribution is 9.13. The van der Waals surface area contributed by atoms with Gasteiger partial charge < -0.3 is 10.2 Å². The van der Waals surface area contributed by atoms with E-state index in [1.807, 2.05) is 0 Å².